The first-order chi connectivity index (χ1) is 9.36. The van der Waals surface area contributed by atoms with Crippen LogP contribution in [0.5, 0.6) is 0 Å². The van der Waals surface area contributed by atoms with E-state index in [1.165, 1.54) is 21.0 Å². The molecular formula is C12H18N2O5S. The summed E-state index contributed by atoms with van der Waals surface area (Å²) in [5, 5.41) is 3.07. The van der Waals surface area contributed by atoms with Crippen molar-refractivity contribution in [3.8, 4) is 0 Å². The zero-order valence-corrected chi connectivity index (χ0v) is 12.5. The quantitative estimate of drug-likeness (QED) is 0.778. The highest BCUT2D eigenvalue weighted by atomic mass is 32.2. The van der Waals surface area contributed by atoms with Crippen molar-refractivity contribution in [2.75, 3.05) is 20.2 Å². The molecule has 0 bridgehead atoms. The van der Waals surface area contributed by atoms with Crippen LogP contribution in [-0.4, -0.2) is 40.6 Å². The van der Waals surface area contributed by atoms with Gasteiger partial charge in [-0.1, -0.05) is 0 Å². The molecule has 1 aliphatic rings. The van der Waals surface area contributed by atoms with Crippen LogP contribution >= 0.6 is 0 Å². The summed E-state index contributed by atoms with van der Waals surface area (Å²) in [6.07, 6.45) is 0.711. The highest BCUT2D eigenvalue weighted by Gasteiger charge is 2.33. The topological polar surface area (TPSA) is 97.6 Å². The fourth-order valence-electron chi connectivity index (χ4n) is 2.36. The first kappa shape index (κ1) is 15.0. The van der Waals surface area contributed by atoms with Gasteiger partial charge in [-0.2, -0.15) is 0 Å². The highest BCUT2D eigenvalue weighted by molar-refractivity contribution is 7.89. The summed E-state index contributed by atoms with van der Waals surface area (Å²) in [5.74, 6) is -0.301. The maximum absolute atomic E-state index is 12.5. The molecule has 0 saturated carbocycles. The summed E-state index contributed by atoms with van der Waals surface area (Å²) in [7, 11) is -2.62. The van der Waals surface area contributed by atoms with Gasteiger partial charge in [0.1, 0.15) is 22.0 Å². The van der Waals surface area contributed by atoms with E-state index in [0.717, 1.165) is 6.54 Å². The molecule has 1 unspecified atom stereocenters. The van der Waals surface area contributed by atoms with Gasteiger partial charge in [-0.15, -0.1) is 0 Å². The molecule has 112 valence electrons. The number of ether oxygens (including phenoxy) is 1. The number of methoxy groups -OCH3 is 1. The molecule has 1 aliphatic heterocycles. The molecule has 1 saturated heterocycles. The lowest BCUT2D eigenvalue weighted by Gasteiger charge is -2.12. The maximum atomic E-state index is 12.5. The molecule has 20 heavy (non-hydrogen) atoms. The van der Waals surface area contributed by atoms with Crippen molar-refractivity contribution in [2.24, 2.45) is 0 Å². The van der Waals surface area contributed by atoms with E-state index < -0.39 is 16.0 Å². The fourth-order valence-corrected chi connectivity index (χ4v) is 4.03. The lowest BCUT2D eigenvalue weighted by Crippen LogP contribution is -2.37. The third kappa shape index (κ3) is 2.72. The smallest absolute Gasteiger partial charge is 0.342 e. The zero-order valence-electron chi connectivity index (χ0n) is 11.6. The summed E-state index contributed by atoms with van der Waals surface area (Å²) >= 11 is 0. The van der Waals surface area contributed by atoms with Crippen molar-refractivity contribution < 1.29 is 22.4 Å². The minimum Gasteiger partial charge on any atom is -0.465 e. The number of sulfonamides is 1. The van der Waals surface area contributed by atoms with Crippen molar-refractivity contribution in [3.63, 3.8) is 0 Å². The van der Waals surface area contributed by atoms with E-state index in [0.29, 0.717) is 13.0 Å². The molecule has 1 aromatic rings. The van der Waals surface area contributed by atoms with E-state index in [9.17, 15) is 13.2 Å². The standard InChI is InChI=1S/C12H18N2O5S/c1-7-10(12(15)18-3)11(8(2)19-7)20(16,17)14-9-4-5-13-6-9/h9,13-14H,4-6H2,1-3H3. The van der Waals surface area contributed by atoms with Crippen LogP contribution in [-0.2, 0) is 14.8 Å². The molecule has 0 aromatic carbocycles. The van der Waals surface area contributed by atoms with E-state index >= 15 is 0 Å². The SMILES string of the molecule is COC(=O)c1c(C)oc(C)c1S(=O)(=O)NC1CCNC1. The van der Waals surface area contributed by atoms with E-state index in [4.69, 9.17) is 4.42 Å². The Kier molecular flexibility index (Phi) is 4.17. The highest BCUT2D eigenvalue weighted by Crippen LogP contribution is 2.27. The normalized spacial score (nSPS) is 19.2. The van der Waals surface area contributed by atoms with Crippen LogP contribution in [0.3, 0.4) is 0 Å². The van der Waals surface area contributed by atoms with Gasteiger partial charge in [-0.05, 0) is 26.8 Å². The van der Waals surface area contributed by atoms with Crippen LogP contribution in [0.2, 0.25) is 0 Å². The molecule has 7 nitrogen and oxygen atoms in total. The van der Waals surface area contributed by atoms with Crippen LogP contribution in [0, 0.1) is 13.8 Å². The van der Waals surface area contributed by atoms with Crippen molar-refractivity contribution in [2.45, 2.75) is 31.2 Å². The summed E-state index contributed by atoms with van der Waals surface area (Å²) in [6.45, 7) is 4.39. The van der Waals surface area contributed by atoms with Gasteiger partial charge in [0.25, 0.3) is 0 Å². The fraction of sp³-hybridized carbons (Fsp3) is 0.583. The van der Waals surface area contributed by atoms with Gasteiger partial charge in [0, 0.05) is 12.6 Å². The Balaban J connectivity index is 2.42. The minimum atomic E-state index is -3.82. The Morgan fingerprint density at radius 2 is 2.10 bits per heavy atom. The van der Waals surface area contributed by atoms with Gasteiger partial charge < -0.3 is 14.5 Å². The van der Waals surface area contributed by atoms with E-state index in [2.05, 4.69) is 14.8 Å². The van der Waals surface area contributed by atoms with Crippen molar-refractivity contribution in [1.82, 2.24) is 10.0 Å². The summed E-state index contributed by atoms with van der Waals surface area (Å²) in [5.41, 5.74) is -0.0385. The number of hydrogen-bond donors (Lipinski definition) is 2. The van der Waals surface area contributed by atoms with E-state index in [-0.39, 0.29) is 28.0 Å². The maximum Gasteiger partial charge on any atom is 0.342 e. The summed E-state index contributed by atoms with van der Waals surface area (Å²) in [6, 6.07) is -0.180. The third-order valence-electron chi connectivity index (χ3n) is 3.25. The largest absolute Gasteiger partial charge is 0.465 e. The Bertz CT molecular complexity index is 614. The summed E-state index contributed by atoms with van der Waals surface area (Å²) < 4.78 is 37.4. The number of aryl methyl sites for hydroxylation is 2. The summed E-state index contributed by atoms with van der Waals surface area (Å²) in [4.78, 5) is 11.6. The number of furan rings is 1. The second-order valence-electron chi connectivity index (χ2n) is 4.72. The Labute approximate surface area is 117 Å². The van der Waals surface area contributed by atoms with Gasteiger partial charge in [-0.25, -0.2) is 17.9 Å². The number of rotatable bonds is 4. The number of carbonyl (C=O) groups excluding carboxylic acids is 1. The number of esters is 1. The molecule has 0 radical (unpaired) electrons. The van der Waals surface area contributed by atoms with Crippen molar-refractivity contribution in [1.29, 1.82) is 0 Å². The molecular weight excluding hydrogens is 284 g/mol. The van der Waals surface area contributed by atoms with Crippen LogP contribution in [0.25, 0.3) is 0 Å². The first-order valence-corrected chi connectivity index (χ1v) is 7.76. The van der Waals surface area contributed by atoms with Crippen LogP contribution in [0.15, 0.2) is 9.31 Å². The second-order valence-corrected chi connectivity index (χ2v) is 6.37. The van der Waals surface area contributed by atoms with Crippen molar-refractivity contribution in [3.05, 3.63) is 17.1 Å². The minimum absolute atomic E-state index is 0.0385. The first-order valence-electron chi connectivity index (χ1n) is 6.28. The molecule has 1 fully saturated rings. The zero-order chi connectivity index (χ0) is 14.9. The van der Waals surface area contributed by atoms with E-state index in [1.54, 1.807) is 0 Å². The predicted molar refractivity (Wildman–Crippen MR) is 71.1 cm³/mol. The molecule has 0 aliphatic carbocycles. The molecule has 0 amide bonds. The Morgan fingerprint density at radius 3 is 2.65 bits per heavy atom. The van der Waals surface area contributed by atoms with E-state index in [1.807, 2.05) is 0 Å². The Morgan fingerprint density at radius 1 is 1.40 bits per heavy atom. The molecule has 2 N–H and O–H groups in total. The number of carbonyl (C=O) groups is 1. The van der Waals surface area contributed by atoms with Gasteiger partial charge in [0.15, 0.2) is 0 Å². The predicted octanol–water partition coefficient (Wildman–Crippen LogP) is 0.323. The van der Waals surface area contributed by atoms with Gasteiger partial charge in [0.05, 0.1) is 7.11 Å². The molecule has 1 aromatic heterocycles. The van der Waals surface area contributed by atoms with Gasteiger partial charge in [0.2, 0.25) is 10.0 Å². The monoisotopic (exact) mass is 302 g/mol. The second kappa shape index (κ2) is 5.55. The van der Waals surface area contributed by atoms with Crippen LogP contribution < -0.4 is 10.0 Å². The molecule has 0 spiro atoms. The molecule has 1 atom stereocenters. The third-order valence-corrected chi connectivity index (χ3v) is 4.92. The molecule has 2 rings (SSSR count). The van der Waals surface area contributed by atoms with Crippen molar-refractivity contribution >= 4 is 16.0 Å². The number of hydrogen-bond acceptors (Lipinski definition) is 6. The lowest BCUT2D eigenvalue weighted by atomic mass is 10.2. The van der Waals surface area contributed by atoms with Crippen LogP contribution in [0.1, 0.15) is 28.3 Å². The molecule has 2 heterocycles. The van der Waals surface area contributed by atoms with Gasteiger partial charge >= 0.3 is 5.97 Å². The average Bonchev–Trinajstić information content (AvgIpc) is 2.95. The van der Waals surface area contributed by atoms with Crippen LogP contribution in [0.4, 0.5) is 0 Å². The Hall–Kier alpha value is -1.38. The molecule has 8 heteroatoms. The van der Waals surface area contributed by atoms with Gasteiger partial charge in [-0.3, -0.25) is 0 Å². The number of nitrogens with one attached hydrogen (secondary N) is 2. The lowest BCUT2D eigenvalue weighted by molar-refractivity contribution is 0.0595. The average molecular weight is 302 g/mol.